The summed E-state index contributed by atoms with van der Waals surface area (Å²) in [7, 11) is 0. The van der Waals surface area contributed by atoms with E-state index in [4.69, 9.17) is 0 Å². The highest BCUT2D eigenvalue weighted by Crippen LogP contribution is 2.38. The number of benzene rings is 3. The SMILES string of the molecule is Oc1cc(O)cc(C(c2ccccc2)c2cc(O)cc(O)c2)c1. The van der Waals surface area contributed by atoms with E-state index in [1.807, 2.05) is 30.3 Å². The maximum atomic E-state index is 9.79. The van der Waals surface area contributed by atoms with Gasteiger partial charge in [0.1, 0.15) is 23.0 Å². The highest BCUT2D eigenvalue weighted by atomic mass is 16.3. The topological polar surface area (TPSA) is 80.9 Å². The van der Waals surface area contributed by atoms with Crippen molar-refractivity contribution in [2.75, 3.05) is 0 Å². The minimum Gasteiger partial charge on any atom is -0.508 e. The van der Waals surface area contributed by atoms with E-state index in [-0.39, 0.29) is 28.9 Å². The summed E-state index contributed by atoms with van der Waals surface area (Å²) in [6.45, 7) is 0. The summed E-state index contributed by atoms with van der Waals surface area (Å²) < 4.78 is 0. The average Bonchev–Trinajstić information content (AvgIpc) is 2.46. The van der Waals surface area contributed by atoms with Crippen LogP contribution in [0.2, 0.25) is 0 Å². The van der Waals surface area contributed by atoms with Gasteiger partial charge in [-0.2, -0.15) is 0 Å². The molecule has 0 aliphatic carbocycles. The van der Waals surface area contributed by atoms with Gasteiger partial charge >= 0.3 is 0 Å². The number of phenols is 4. The van der Waals surface area contributed by atoms with E-state index in [0.29, 0.717) is 11.1 Å². The van der Waals surface area contributed by atoms with Gasteiger partial charge in [-0.15, -0.1) is 0 Å². The van der Waals surface area contributed by atoms with Crippen LogP contribution in [-0.4, -0.2) is 20.4 Å². The molecule has 0 aliphatic heterocycles. The zero-order valence-electron chi connectivity index (χ0n) is 12.2. The van der Waals surface area contributed by atoms with Crippen LogP contribution in [0.15, 0.2) is 66.7 Å². The maximum absolute atomic E-state index is 9.79. The van der Waals surface area contributed by atoms with Crippen LogP contribution in [0.4, 0.5) is 0 Å². The number of hydrogen-bond donors (Lipinski definition) is 4. The monoisotopic (exact) mass is 308 g/mol. The van der Waals surface area contributed by atoms with Crippen molar-refractivity contribution in [1.82, 2.24) is 0 Å². The van der Waals surface area contributed by atoms with Gasteiger partial charge in [0, 0.05) is 18.1 Å². The minimum absolute atomic E-state index is 0.0506. The molecule has 0 unspecified atom stereocenters. The van der Waals surface area contributed by atoms with E-state index in [1.165, 1.54) is 12.1 Å². The van der Waals surface area contributed by atoms with Crippen LogP contribution in [0.3, 0.4) is 0 Å². The van der Waals surface area contributed by atoms with E-state index in [1.54, 1.807) is 24.3 Å². The van der Waals surface area contributed by atoms with E-state index < -0.39 is 0 Å². The van der Waals surface area contributed by atoms with Crippen LogP contribution in [-0.2, 0) is 0 Å². The van der Waals surface area contributed by atoms with Crippen molar-refractivity contribution in [1.29, 1.82) is 0 Å². The second-order valence-corrected chi connectivity index (χ2v) is 5.41. The molecule has 0 heterocycles. The zero-order valence-corrected chi connectivity index (χ0v) is 12.2. The highest BCUT2D eigenvalue weighted by Gasteiger charge is 2.19. The second-order valence-electron chi connectivity index (χ2n) is 5.41. The van der Waals surface area contributed by atoms with Crippen molar-refractivity contribution < 1.29 is 20.4 Å². The van der Waals surface area contributed by atoms with Gasteiger partial charge in [-0.3, -0.25) is 0 Å². The Balaban J connectivity index is 2.22. The Morgan fingerprint density at radius 1 is 0.478 bits per heavy atom. The molecule has 0 saturated carbocycles. The molecule has 3 aromatic rings. The Morgan fingerprint density at radius 3 is 1.26 bits per heavy atom. The molecule has 3 aromatic carbocycles. The quantitative estimate of drug-likeness (QED) is 0.556. The van der Waals surface area contributed by atoms with Crippen molar-refractivity contribution in [2.45, 2.75) is 5.92 Å². The second kappa shape index (κ2) is 5.93. The molecule has 0 aromatic heterocycles. The highest BCUT2D eigenvalue weighted by molar-refractivity contribution is 5.51. The lowest BCUT2D eigenvalue weighted by atomic mass is 9.85. The lowest BCUT2D eigenvalue weighted by molar-refractivity contribution is 0.448. The Hall–Kier alpha value is -3.14. The first-order valence-electron chi connectivity index (χ1n) is 7.14. The molecule has 116 valence electrons. The van der Waals surface area contributed by atoms with Crippen LogP contribution in [0.25, 0.3) is 0 Å². The van der Waals surface area contributed by atoms with E-state index >= 15 is 0 Å². The summed E-state index contributed by atoms with van der Waals surface area (Å²) in [6, 6.07) is 18.2. The minimum atomic E-state index is -0.354. The first-order valence-corrected chi connectivity index (χ1v) is 7.14. The fourth-order valence-corrected chi connectivity index (χ4v) is 2.79. The first kappa shape index (κ1) is 14.8. The number of hydrogen-bond acceptors (Lipinski definition) is 4. The van der Waals surface area contributed by atoms with Gasteiger partial charge in [0.2, 0.25) is 0 Å². The molecule has 0 saturated heterocycles. The first-order chi connectivity index (χ1) is 11.0. The van der Waals surface area contributed by atoms with E-state index in [9.17, 15) is 20.4 Å². The molecule has 0 atom stereocenters. The summed E-state index contributed by atoms with van der Waals surface area (Å²) in [5.74, 6) is -0.557. The van der Waals surface area contributed by atoms with E-state index in [2.05, 4.69) is 0 Å². The summed E-state index contributed by atoms with van der Waals surface area (Å²) >= 11 is 0. The average molecular weight is 308 g/mol. The Bertz CT molecular complexity index is 736. The van der Waals surface area contributed by atoms with Crippen molar-refractivity contribution in [3.05, 3.63) is 83.4 Å². The summed E-state index contributed by atoms with van der Waals surface area (Å²) in [6.07, 6.45) is 0. The standard InChI is InChI=1S/C19H16O4/c20-15-6-13(7-16(21)10-15)19(12-4-2-1-3-5-12)14-8-17(22)11-18(23)9-14/h1-11,19-23H. The summed E-state index contributed by atoms with van der Waals surface area (Å²) in [5, 5.41) is 39.1. The molecule has 0 aliphatic rings. The molecule has 3 rings (SSSR count). The molecular formula is C19H16O4. The van der Waals surface area contributed by atoms with Gasteiger partial charge in [-0.25, -0.2) is 0 Å². The predicted molar refractivity (Wildman–Crippen MR) is 86.9 cm³/mol. The Labute approximate surface area is 133 Å². The number of rotatable bonds is 3. The van der Waals surface area contributed by atoms with Gasteiger partial charge in [0.05, 0.1) is 0 Å². The van der Waals surface area contributed by atoms with Gasteiger partial charge in [0.15, 0.2) is 0 Å². The van der Waals surface area contributed by atoms with Crippen LogP contribution in [0.1, 0.15) is 22.6 Å². The molecule has 4 heteroatoms. The van der Waals surface area contributed by atoms with Gasteiger partial charge in [0.25, 0.3) is 0 Å². The molecule has 23 heavy (non-hydrogen) atoms. The Morgan fingerprint density at radius 2 is 0.870 bits per heavy atom. The van der Waals surface area contributed by atoms with Crippen molar-refractivity contribution in [3.8, 4) is 23.0 Å². The molecule has 4 nitrogen and oxygen atoms in total. The third kappa shape index (κ3) is 3.21. The zero-order chi connectivity index (χ0) is 16.4. The van der Waals surface area contributed by atoms with Crippen molar-refractivity contribution in [2.24, 2.45) is 0 Å². The number of aromatic hydroxyl groups is 4. The van der Waals surface area contributed by atoms with Gasteiger partial charge in [-0.1, -0.05) is 30.3 Å². The van der Waals surface area contributed by atoms with Gasteiger partial charge < -0.3 is 20.4 Å². The molecular weight excluding hydrogens is 292 g/mol. The van der Waals surface area contributed by atoms with Crippen LogP contribution in [0, 0.1) is 0 Å². The predicted octanol–water partition coefficient (Wildman–Crippen LogP) is 3.69. The normalized spacial score (nSPS) is 10.8. The fourth-order valence-electron chi connectivity index (χ4n) is 2.79. The smallest absolute Gasteiger partial charge is 0.119 e. The summed E-state index contributed by atoms with van der Waals surface area (Å²) in [4.78, 5) is 0. The molecule has 0 amide bonds. The van der Waals surface area contributed by atoms with Crippen LogP contribution < -0.4 is 0 Å². The molecule has 0 bridgehead atoms. The van der Waals surface area contributed by atoms with Crippen molar-refractivity contribution in [3.63, 3.8) is 0 Å². The number of phenolic OH excluding ortho intramolecular Hbond substituents is 4. The van der Waals surface area contributed by atoms with E-state index in [0.717, 1.165) is 5.56 Å². The lowest BCUT2D eigenvalue weighted by Gasteiger charge is -2.20. The molecule has 0 fully saturated rings. The van der Waals surface area contributed by atoms with Gasteiger partial charge in [-0.05, 0) is 41.0 Å². The fraction of sp³-hybridized carbons (Fsp3) is 0.0526. The maximum Gasteiger partial charge on any atom is 0.119 e. The van der Waals surface area contributed by atoms with Crippen molar-refractivity contribution >= 4 is 0 Å². The molecule has 4 N–H and O–H groups in total. The third-order valence-corrected chi connectivity index (χ3v) is 3.65. The summed E-state index contributed by atoms with van der Waals surface area (Å²) in [5.41, 5.74) is 2.21. The van der Waals surface area contributed by atoms with Crippen LogP contribution >= 0.6 is 0 Å². The lowest BCUT2D eigenvalue weighted by Crippen LogP contribution is -2.03. The Kier molecular flexibility index (Phi) is 3.81. The molecule has 0 spiro atoms. The van der Waals surface area contributed by atoms with Crippen LogP contribution in [0.5, 0.6) is 23.0 Å². The largest absolute Gasteiger partial charge is 0.508 e. The third-order valence-electron chi connectivity index (χ3n) is 3.65. The molecule has 0 radical (unpaired) electrons.